The fourth-order valence-corrected chi connectivity index (χ4v) is 2.07. The number of fused-ring (bicyclic) bond motifs is 1. The van der Waals surface area contributed by atoms with Crippen molar-refractivity contribution in [1.29, 1.82) is 0 Å². The number of hydrogen-bond donors (Lipinski definition) is 3. The molecule has 0 bridgehead atoms. The van der Waals surface area contributed by atoms with Crippen molar-refractivity contribution in [2.45, 2.75) is 31.8 Å². The van der Waals surface area contributed by atoms with Crippen molar-refractivity contribution in [1.82, 2.24) is 5.32 Å². The number of carboxylic acid groups (broad SMARTS) is 1. The molecule has 1 aliphatic rings. The lowest BCUT2D eigenvalue weighted by Gasteiger charge is -2.16. The minimum atomic E-state index is -0.999. The zero-order valence-electron chi connectivity index (χ0n) is 10.1. The maximum Gasteiger partial charge on any atom is 0.326 e. The molecule has 1 heterocycles. The molecule has 1 aromatic rings. The van der Waals surface area contributed by atoms with Crippen LogP contribution in [0.25, 0.3) is 0 Å². The highest BCUT2D eigenvalue weighted by Gasteiger charge is 2.28. The van der Waals surface area contributed by atoms with Crippen LogP contribution in [0.2, 0.25) is 0 Å². The lowest BCUT2D eigenvalue weighted by atomic mass is 10.1. The summed E-state index contributed by atoms with van der Waals surface area (Å²) in [6.45, 7) is 1.73. The number of carboxylic acids is 1. The molecular formula is C13H16N2O3. The molecule has 5 nitrogen and oxygen atoms in total. The van der Waals surface area contributed by atoms with Crippen molar-refractivity contribution >= 4 is 17.6 Å². The van der Waals surface area contributed by atoms with Gasteiger partial charge in [-0.3, -0.25) is 4.79 Å². The summed E-state index contributed by atoms with van der Waals surface area (Å²) in [5.74, 6) is -1.26. The number of aliphatic carboxylic acids is 1. The van der Waals surface area contributed by atoms with Gasteiger partial charge in [0.1, 0.15) is 12.1 Å². The normalized spacial score (nSPS) is 18.6. The molecule has 3 N–H and O–H groups in total. The summed E-state index contributed by atoms with van der Waals surface area (Å²) < 4.78 is 0. The van der Waals surface area contributed by atoms with E-state index in [-0.39, 0.29) is 11.9 Å². The molecule has 0 saturated carbocycles. The van der Waals surface area contributed by atoms with Crippen molar-refractivity contribution < 1.29 is 14.7 Å². The Morgan fingerprint density at radius 1 is 1.50 bits per heavy atom. The van der Waals surface area contributed by atoms with Gasteiger partial charge in [-0.25, -0.2) is 4.79 Å². The topological polar surface area (TPSA) is 78.4 Å². The van der Waals surface area contributed by atoms with Gasteiger partial charge in [0.15, 0.2) is 0 Å². The second-order valence-corrected chi connectivity index (χ2v) is 4.37. The first-order valence-corrected chi connectivity index (χ1v) is 5.99. The van der Waals surface area contributed by atoms with Crippen molar-refractivity contribution in [3.63, 3.8) is 0 Å². The molecule has 96 valence electrons. The zero-order valence-corrected chi connectivity index (χ0v) is 10.1. The predicted molar refractivity (Wildman–Crippen MR) is 67.4 cm³/mol. The van der Waals surface area contributed by atoms with E-state index in [1.807, 2.05) is 24.3 Å². The van der Waals surface area contributed by atoms with Crippen LogP contribution in [0.3, 0.4) is 0 Å². The van der Waals surface area contributed by atoms with E-state index in [2.05, 4.69) is 10.6 Å². The third kappa shape index (κ3) is 2.45. The Hall–Kier alpha value is -2.04. The van der Waals surface area contributed by atoms with E-state index < -0.39 is 12.0 Å². The Bertz CT molecular complexity index is 448. The molecule has 18 heavy (non-hydrogen) atoms. The van der Waals surface area contributed by atoms with Crippen LogP contribution >= 0.6 is 0 Å². The van der Waals surface area contributed by atoms with E-state index >= 15 is 0 Å². The van der Waals surface area contributed by atoms with Gasteiger partial charge in [-0.05, 0) is 18.1 Å². The number of para-hydroxylation sites is 1. The van der Waals surface area contributed by atoms with Gasteiger partial charge in [0, 0.05) is 12.1 Å². The Morgan fingerprint density at radius 2 is 2.22 bits per heavy atom. The summed E-state index contributed by atoms with van der Waals surface area (Å²) in [7, 11) is 0. The van der Waals surface area contributed by atoms with Crippen LogP contribution < -0.4 is 10.6 Å². The average molecular weight is 248 g/mol. The van der Waals surface area contributed by atoms with E-state index in [0.29, 0.717) is 12.8 Å². The van der Waals surface area contributed by atoms with Gasteiger partial charge in [-0.2, -0.15) is 0 Å². The van der Waals surface area contributed by atoms with Crippen molar-refractivity contribution in [3.8, 4) is 0 Å². The lowest BCUT2D eigenvalue weighted by molar-refractivity contribution is -0.142. The van der Waals surface area contributed by atoms with Crippen LogP contribution in [0.15, 0.2) is 24.3 Å². The van der Waals surface area contributed by atoms with Gasteiger partial charge in [-0.15, -0.1) is 0 Å². The van der Waals surface area contributed by atoms with Crippen molar-refractivity contribution in [3.05, 3.63) is 29.8 Å². The largest absolute Gasteiger partial charge is 0.480 e. The molecule has 0 radical (unpaired) electrons. The predicted octanol–water partition coefficient (Wildman–Crippen LogP) is 1.00. The summed E-state index contributed by atoms with van der Waals surface area (Å²) in [4.78, 5) is 22.8. The molecule has 0 spiro atoms. The molecule has 1 aliphatic heterocycles. The minimum Gasteiger partial charge on any atom is -0.480 e. The van der Waals surface area contributed by atoms with E-state index in [1.165, 1.54) is 0 Å². The average Bonchev–Trinajstić information content (AvgIpc) is 2.79. The fraction of sp³-hybridized carbons (Fsp3) is 0.385. The first-order chi connectivity index (χ1) is 8.61. The van der Waals surface area contributed by atoms with Gasteiger partial charge in [0.2, 0.25) is 5.91 Å². The molecule has 0 aromatic heterocycles. The standard InChI is InChI=1S/C13H16N2O3/c1-2-9(13(17)18)15-12(16)11-7-8-5-3-4-6-10(8)14-11/h3-6,9,11,14H,2,7H2,1H3,(H,15,16)(H,17,18)/t9?,11-/m0/s1. The van der Waals surface area contributed by atoms with E-state index in [4.69, 9.17) is 5.11 Å². The highest BCUT2D eigenvalue weighted by molar-refractivity contribution is 5.90. The molecule has 1 aromatic carbocycles. The van der Waals surface area contributed by atoms with Crippen molar-refractivity contribution in [2.75, 3.05) is 5.32 Å². The monoisotopic (exact) mass is 248 g/mol. The molecule has 0 fully saturated rings. The molecule has 2 rings (SSSR count). The van der Waals surface area contributed by atoms with Crippen LogP contribution in [0, 0.1) is 0 Å². The van der Waals surface area contributed by atoms with E-state index in [0.717, 1.165) is 11.3 Å². The number of anilines is 1. The number of nitrogens with one attached hydrogen (secondary N) is 2. The van der Waals surface area contributed by atoms with E-state index in [1.54, 1.807) is 6.92 Å². The highest BCUT2D eigenvalue weighted by atomic mass is 16.4. The summed E-state index contributed by atoms with van der Waals surface area (Å²) >= 11 is 0. The summed E-state index contributed by atoms with van der Waals surface area (Å²) in [5, 5.41) is 14.5. The Morgan fingerprint density at radius 3 is 2.83 bits per heavy atom. The summed E-state index contributed by atoms with van der Waals surface area (Å²) in [6.07, 6.45) is 0.971. The summed E-state index contributed by atoms with van der Waals surface area (Å²) in [6, 6.07) is 6.51. The SMILES string of the molecule is CCC(NC(=O)[C@@H]1Cc2ccccc2N1)C(=O)O. The zero-order chi connectivity index (χ0) is 13.1. The molecular weight excluding hydrogens is 232 g/mol. The van der Waals surface area contributed by atoms with Crippen LogP contribution in [0.4, 0.5) is 5.69 Å². The third-order valence-electron chi connectivity index (χ3n) is 3.11. The number of benzene rings is 1. The Balaban J connectivity index is 1.99. The number of rotatable bonds is 4. The molecule has 0 aliphatic carbocycles. The second-order valence-electron chi connectivity index (χ2n) is 4.37. The molecule has 5 heteroatoms. The number of carbonyl (C=O) groups excluding carboxylic acids is 1. The lowest BCUT2D eigenvalue weighted by Crippen LogP contribution is -2.47. The van der Waals surface area contributed by atoms with Crippen LogP contribution in [-0.2, 0) is 16.0 Å². The molecule has 1 amide bonds. The Labute approximate surface area is 105 Å². The summed E-state index contributed by atoms with van der Waals surface area (Å²) in [5.41, 5.74) is 2.03. The fourth-order valence-electron chi connectivity index (χ4n) is 2.07. The van der Waals surface area contributed by atoms with Gasteiger partial charge in [-0.1, -0.05) is 25.1 Å². The molecule has 0 saturated heterocycles. The third-order valence-corrected chi connectivity index (χ3v) is 3.11. The van der Waals surface area contributed by atoms with Gasteiger partial charge >= 0.3 is 5.97 Å². The van der Waals surface area contributed by atoms with Gasteiger partial charge < -0.3 is 15.7 Å². The maximum absolute atomic E-state index is 12.0. The van der Waals surface area contributed by atoms with Gasteiger partial charge in [0.25, 0.3) is 0 Å². The maximum atomic E-state index is 12.0. The number of hydrogen-bond acceptors (Lipinski definition) is 3. The first-order valence-electron chi connectivity index (χ1n) is 5.99. The minimum absolute atomic E-state index is 0.263. The quantitative estimate of drug-likeness (QED) is 0.743. The first kappa shape index (κ1) is 12.4. The highest BCUT2D eigenvalue weighted by Crippen LogP contribution is 2.25. The van der Waals surface area contributed by atoms with Crippen LogP contribution in [0.1, 0.15) is 18.9 Å². The number of amides is 1. The van der Waals surface area contributed by atoms with Crippen LogP contribution in [-0.4, -0.2) is 29.1 Å². The number of carbonyl (C=O) groups is 2. The van der Waals surface area contributed by atoms with E-state index in [9.17, 15) is 9.59 Å². The second kappa shape index (κ2) is 5.08. The Kier molecular flexibility index (Phi) is 3.50. The smallest absolute Gasteiger partial charge is 0.326 e. The van der Waals surface area contributed by atoms with Gasteiger partial charge in [0.05, 0.1) is 0 Å². The van der Waals surface area contributed by atoms with Crippen molar-refractivity contribution in [2.24, 2.45) is 0 Å². The molecule has 1 unspecified atom stereocenters. The van der Waals surface area contributed by atoms with Crippen LogP contribution in [0.5, 0.6) is 0 Å². The molecule has 2 atom stereocenters.